The normalized spacial score (nSPS) is 12.3. The maximum absolute atomic E-state index is 9.13. The number of aliphatic hydroxyl groups excluding tert-OH is 1. The van der Waals surface area contributed by atoms with Gasteiger partial charge in [0.15, 0.2) is 5.82 Å². The van der Waals surface area contributed by atoms with E-state index < -0.39 is 0 Å². The van der Waals surface area contributed by atoms with Crippen molar-refractivity contribution >= 4 is 0 Å². The van der Waals surface area contributed by atoms with Gasteiger partial charge in [0.25, 0.3) is 0 Å². The molecule has 0 aliphatic heterocycles. The molecule has 18 heavy (non-hydrogen) atoms. The van der Waals surface area contributed by atoms with Crippen LogP contribution in [-0.2, 0) is 6.54 Å². The molecule has 0 spiro atoms. The molecule has 1 heterocycles. The summed E-state index contributed by atoms with van der Waals surface area (Å²) in [5.74, 6) is 0.731. The van der Waals surface area contributed by atoms with Crippen LogP contribution in [-0.4, -0.2) is 27.7 Å². The molecular weight excluding hydrogens is 226 g/mol. The molecule has 0 bridgehead atoms. The van der Waals surface area contributed by atoms with Crippen LogP contribution in [0.3, 0.4) is 0 Å². The van der Waals surface area contributed by atoms with Crippen molar-refractivity contribution in [3.8, 4) is 11.4 Å². The highest BCUT2D eigenvalue weighted by atomic mass is 16.3. The predicted octanol–water partition coefficient (Wildman–Crippen LogP) is 1.61. The Hall–Kier alpha value is -1.78. The van der Waals surface area contributed by atoms with Gasteiger partial charge in [0, 0.05) is 36.6 Å². The van der Waals surface area contributed by atoms with Crippen LogP contribution >= 0.6 is 0 Å². The third kappa shape index (κ3) is 3.61. The van der Waals surface area contributed by atoms with Crippen molar-refractivity contribution in [3.63, 3.8) is 0 Å². The number of aliphatic hydroxyl groups is 1. The zero-order valence-corrected chi connectivity index (χ0v) is 10.4. The van der Waals surface area contributed by atoms with Crippen molar-refractivity contribution in [2.45, 2.75) is 19.6 Å². The minimum atomic E-state index is -0.338. The van der Waals surface area contributed by atoms with Crippen LogP contribution in [0.15, 0.2) is 42.7 Å². The van der Waals surface area contributed by atoms with E-state index in [0.717, 1.165) is 17.0 Å². The van der Waals surface area contributed by atoms with Crippen LogP contribution in [0, 0.1) is 0 Å². The number of hydrogen-bond donors (Lipinski definition) is 2. The molecule has 0 aliphatic rings. The van der Waals surface area contributed by atoms with Crippen LogP contribution in [0.2, 0.25) is 0 Å². The Kier molecular flexibility index (Phi) is 4.39. The smallest absolute Gasteiger partial charge is 0.159 e. The average Bonchev–Trinajstić information content (AvgIpc) is 2.40. The van der Waals surface area contributed by atoms with Gasteiger partial charge in [-0.3, -0.25) is 0 Å². The molecule has 1 aromatic heterocycles. The second kappa shape index (κ2) is 6.23. The van der Waals surface area contributed by atoms with Crippen molar-refractivity contribution in [1.82, 2.24) is 15.3 Å². The van der Waals surface area contributed by atoms with Crippen molar-refractivity contribution in [3.05, 3.63) is 48.3 Å². The highest BCUT2D eigenvalue weighted by molar-refractivity contribution is 5.53. The van der Waals surface area contributed by atoms with Crippen LogP contribution < -0.4 is 5.32 Å². The van der Waals surface area contributed by atoms with Gasteiger partial charge in [0.05, 0.1) is 6.10 Å². The number of benzene rings is 1. The number of rotatable bonds is 5. The molecule has 0 unspecified atom stereocenters. The van der Waals surface area contributed by atoms with E-state index in [-0.39, 0.29) is 6.10 Å². The number of aromatic nitrogens is 2. The molecule has 1 atom stereocenters. The van der Waals surface area contributed by atoms with Crippen LogP contribution in [0.5, 0.6) is 0 Å². The molecule has 94 valence electrons. The maximum atomic E-state index is 9.13. The Bertz CT molecular complexity index is 468. The van der Waals surface area contributed by atoms with E-state index in [9.17, 15) is 0 Å². The van der Waals surface area contributed by atoms with E-state index in [1.54, 1.807) is 6.92 Å². The summed E-state index contributed by atoms with van der Waals surface area (Å²) in [4.78, 5) is 8.67. The second-order valence-electron chi connectivity index (χ2n) is 4.26. The van der Waals surface area contributed by atoms with Gasteiger partial charge in [-0.15, -0.1) is 0 Å². The molecule has 4 heteroatoms. The topological polar surface area (TPSA) is 58.0 Å². The lowest BCUT2D eigenvalue weighted by molar-refractivity contribution is 0.191. The summed E-state index contributed by atoms with van der Waals surface area (Å²) in [6.45, 7) is 2.99. The first-order valence-corrected chi connectivity index (χ1v) is 6.01. The van der Waals surface area contributed by atoms with Gasteiger partial charge < -0.3 is 10.4 Å². The quantitative estimate of drug-likeness (QED) is 0.837. The molecule has 2 aromatic rings. The van der Waals surface area contributed by atoms with Gasteiger partial charge in [-0.25, -0.2) is 9.97 Å². The molecule has 0 fully saturated rings. The van der Waals surface area contributed by atoms with E-state index >= 15 is 0 Å². The van der Waals surface area contributed by atoms with E-state index in [4.69, 9.17) is 5.11 Å². The molecular formula is C14H17N3O. The van der Waals surface area contributed by atoms with E-state index in [0.29, 0.717) is 13.1 Å². The Morgan fingerprint density at radius 1 is 1.17 bits per heavy atom. The molecule has 1 aromatic carbocycles. The van der Waals surface area contributed by atoms with Crippen LogP contribution in [0.4, 0.5) is 0 Å². The first-order chi connectivity index (χ1) is 8.75. The molecule has 2 rings (SSSR count). The first-order valence-electron chi connectivity index (χ1n) is 6.01. The van der Waals surface area contributed by atoms with E-state index in [1.165, 1.54) is 0 Å². The fourth-order valence-corrected chi connectivity index (χ4v) is 1.61. The fraction of sp³-hybridized carbons (Fsp3) is 0.286. The number of hydrogen-bond acceptors (Lipinski definition) is 4. The SMILES string of the molecule is C[C@H](O)CNCc1cnc(-c2ccccc2)nc1. The Labute approximate surface area is 107 Å². The highest BCUT2D eigenvalue weighted by Gasteiger charge is 2.01. The lowest BCUT2D eigenvalue weighted by Gasteiger charge is -2.06. The van der Waals surface area contributed by atoms with Crippen LogP contribution in [0.1, 0.15) is 12.5 Å². The third-order valence-corrected chi connectivity index (χ3v) is 2.51. The average molecular weight is 243 g/mol. The minimum Gasteiger partial charge on any atom is -0.392 e. The van der Waals surface area contributed by atoms with Crippen molar-refractivity contribution in [2.24, 2.45) is 0 Å². The van der Waals surface area contributed by atoms with Gasteiger partial charge in [0.2, 0.25) is 0 Å². The summed E-state index contributed by atoms with van der Waals surface area (Å²) < 4.78 is 0. The Morgan fingerprint density at radius 2 is 1.83 bits per heavy atom. The maximum Gasteiger partial charge on any atom is 0.159 e. The predicted molar refractivity (Wildman–Crippen MR) is 70.9 cm³/mol. The van der Waals surface area contributed by atoms with E-state index in [2.05, 4.69) is 15.3 Å². The molecule has 4 nitrogen and oxygen atoms in total. The van der Waals surface area contributed by atoms with Crippen LogP contribution in [0.25, 0.3) is 11.4 Å². The van der Waals surface area contributed by atoms with Crippen molar-refractivity contribution < 1.29 is 5.11 Å². The Balaban J connectivity index is 1.98. The highest BCUT2D eigenvalue weighted by Crippen LogP contribution is 2.12. The van der Waals surface area contributed by atoms with Gasteiger partial charge in [-0.1, -0.05) is 30.3 Å². The lowest BCUT2D eigenvalue weighted by Crippen LogP contribution is -2.23. The standard InChI is InChI=1S/C14H17N3O/c1-11(18)7-15-8-12-9-16-14(17-10-12)13-5-3-2-4-6-13/h2-6,9-11,15,18H,7-8H2,1H3/t11-/m0/s1. The largest absolute Gasteiger partial charge is 0.392 e. The fourth-order valence-electron chi connectivity index (χ4n) is 1.61. The minimum absolute atomic E-state index is 0.338. The van der Waals surface area contributed by atoms with Gasteiger partial charge in [-0.05, 0) is 6.92 Å². The Morgan fingerprint density at radius 3 is 2.44 bits per heavy atom. The molecule has 0 amide bonds. The molecule has 0 saturated carbocycles. The monoisotopic (exact) mass is 243 g/mol. The van der Waals surface area contributed by atoms with Gasteiger partial charge in [0.1, 0.15) is 0 Å². The summed E-state index contributed by atoms with van der Waals surface area (Å²) in [5, 5.41) is 12.3. The number of nitrogens with one attached hydrogen (secondary N) is 1. The first kappa shape index (κ1) is 12.7. The third-order valence-electron chi connectivity index (χ3n) is 2.51. The van der Waals surface area contributed by atoms with Gasteiger partial charge >= 0.3 is 0 Å². The molecule has 0 aliphatic carbocycles. The molecule has 2 N–H and O–H groups in total. The summed E-state index contributed by atoms with van der Waals surface area (Å²) >= 11 is 0. The van der Waals surface area contributed by atoms with Crippen molar-refractivity contribution in [1.29, 1.82) is 0 Å². The van der Waals surface area contributed by atoms with Crippen molar-refractivity contribution in [2.75, 3.05) is 6.54 Å². The lowest BCUT2D eigenvalue weighted by atomic mass is 10.2. The second-order valence-corrected chi connectivity index (χ2v) is 4.26. The molecule has 0 radical (unpaired) electrons. The zero-order valence-electron chi connectivity index (χ0n) is 10.4. The summed E-state index contributed by atoms with van der Waals surface area (Å²) in [5.41, 5.74) is 2.02. The number of nitrogens with zero attached hydrogens (tertiary/aromatic N) is 2. The zero-order chi connectivity index (χ0) is 12.8. The van der Waals surface area contributed by atoms with Gasteiger partial charge in [-0.2, -0.15) is 0 Å². The molecule has 0 saturated heterocycles. The summed E-state index contributed by atoms with van der Waals surface area (Å²) in [6.07, 6.45) is 3.28. The summed E-state index contributed by atoms with van der Waals surface area (Å²) in [6, 6.07) is 9.88. The summed E-state index contributed by atoms with van der Waals surface area (Å²) in [7, 11) is 0. The van der Waals surface area contributed by atoms with E-state index in [1.807, 2.05) is 42.7 Å².